The summed E-state index contributed by atoms with van der Waals surface area (Å²) in [6.45, 7) is 9.52. The fourth-order valence-electron chi connectivity index (χ4n) is 3.23. The lowest BCUT2D eigenvalue weighted by atomic mass is 10.1. The van der Waals surface area contributed by atoms with Gasteiger partial charge in [-0.2, -0.15) is 5.10 Å². The lowest BCUT2D eigenvalue weighted by molar-refractivity contribution is -0.120. The number of amides is 1. The van der Waals surface area contributed by atoms with Crippen LogP contribution in [0.25, 0.3) is 11.0 Å². The number of nitrogens with one attached hydrogen (secondary N) is 2. The zero-order chi connectivity index (χ0) is 23.5. The molecule has 10 heteroatoms. The van der Waals surface area contributed by atoms with Gasteiger partial charge in [-0.05, 0) is 37.3 Å². The molecule has 178 valence electrons. The van der Waals surface area contributed by atoms with Gasteiger partial charge in [0.05, 0.1) is 37.8 Å². The largest absolute Gasteiger partial charge is 0.494 e. The fourth-order valence-corrected chi connectivity index (χ4v) is 3.80. The van der Waals surface area contributed by atoms with Crippen molar-refractivity contribution in [1.82, 2.24) is 25.1 Å². The van der Waals surface area contributed by atoms with Crippen LogP contribution in [0, 0.1) is 0 Å². The standard InChI is InChI=1S/C23H32N6O3S/c1-4-31-14-12-25-21-19-16-26-29(22(19)28-23(27-21)33-6-3)13-11-24-20(30)15-17-7-9-18(10-8-17)32-5-2/h7-10,16H,4-6,11-15H2,1-3H3,(H,24,30)(H,25,27,28). The molecule has 0 spiro atoms. The van der Waals surface area contributed by atoms with E-state index in [-0.39, 0.29) is 5.91 Å². The Balaban J connectivity index is 1.60. The maximum atomic E-state index is 12.4. The van der Waals surface area contributed by atoms with E-state index >= 15 is 0 Å². The molecule has 33 heavy (non-hydrogen) atoms. The number of carbonyl (C=O) groups excluding carboxylic acids is 1. The molecule has 0 aliphatic carbocycles. The summed E-state index contributed by atoms with van der Waals surface area (Å²) in [5.41, 5.74) is 1.69. The third kappa shape index (κ3) is 7.33. The number of anilines is 1. The molecule has 2 heterocycles. The minimum absolute atomic E-state index is 0.0363. The molecule has 2 aromatic heterocycles. The Kier molecular flexibility index (Phi) is 9.77. The minimum Gasteiger partial charge on any atom is -0.494 e. The molecule has 2 N–H and O–H groups in total. The average Bonchev–Trinajstić information content (AvgIpc) is 3.21. The van der Waals surface area contributed by atoms with Crippen LogP contribution in [-0.2, 0) is 22.5 Å². The maximum absolute atomic E-state index is 12.4. The van der Waals surface area contributed by atoms with Crippen molar-refractivity contribution in [2.75, 3.05) is 44.0 Å². The molecule has 0 saturated heterocycles. The molecule has 1 aromatic carbocycles. The Morgan fingerprint density at radius 1 is 1.09 bits per heavy atom. The number of hydrogen-bond donors (Lipinski definition) is 2. The van der Waals surface area contributed by atoms with E-state index in [9.17, 15) is 4.79 Å². The van der Waals surface area contributed by atoms with Gasteiger partial charge in [0.1, 0.15) is 11.6 Å². The van der Waals surface area contributed by atoms with Crippen LogP contribution in [0.5, 0.6) is 5.75 Å². The predicted octanol–water partition coefficient (Wildman–Crippen LogP) is 3.14. The highest BCUT2D eigenvalue weighted by Crippen LogP contribution is 2.24. The third-order valence-corrected chi connectivity index (χ3v) is 5.47. The van der Waals surface area contributed by atoms with Crippen molar-refractivity contribution >= 4 is 34.5 Å². The molecule has 0 radical (unpaired) electrons. The number of aromatic nitrogens is 4. The van der Waals surface area contributed by atoms with E-state index in [1.807, 2.05) is 42.8 Å². The predicted molar refractivity (Wildman–Crippen MR) is 131 cm³/mol. The van der Waals surface area contributed by atoms with Gasteiger partial charge in [0.2, 0.25) is 5.91 Å². The van der Waals surface area contributed by atoms with Crippen LogP contribution in [0.4, 0.5) is 5.82 Å². The SMILES string of the molecule is CCOCCNc1nc(SCC)nc2c1cnn2CCNC(=O)Cc1ccc(OCC)cc1. The van der Waals surface area contributed by atoms with E-state index in [1.54, 1.807) is 18.0 Å². The zero-order valence-electron chi connectivity index (χ0n) is 19.5. The average molecular weight is 473 g/mol. The summed E-state index contributed by atoms with van der Waals surface area (Å²) < 4.78 is 12.7. The van der Waals surface area contributed by atoms with Crippen LogP contribution in [0.1, 0.15) is 26.3 Å². The number of benzene rings is 1. The summed E-state index contributed by atoms with van der Waals surface area (Å²) in [5, 5.41) is 12.3. The van der Waals surface area contributed by atoms with E-state index in [2.05, 4.69) is 32.6 Å². The summed E-state index contributed by atoms with van der Waals surface area (Å²) >= 11 is 1.58. The molecule has 0 fully saturated rings. The molecule has 0 saturated carbocycles. The molecular formula is C23H32N6O3S. The Hall–Kier alpha value is -2.85. The second kappa shape index (κ2) is 13.0. The van der Waals surface area contributed by atoms with Gasteiger partial charge in [-0.3, -0.25) is 4.79 Å². The number of fused-ring (bicyclic) bond motifs is 1. The lowest BCUT2D eigenvalue weighted by Gasteiger charge is -2.10. The molecule has 0 unspecified atom stereocenters. The fraction of sp³-hybridized carbons (Fsp3) is 0.478. The number of hydrogen-bond acceptors (Lipinski definition) is 8. The lowest BCUT2D eigenvalue weighted by Crippen LogP contribution is -2.28. The van der Waals surface area contributed by atoms with Crippen LogP contribution in [0.2, 0.25) is 0 Å². The molecule has 3 aromatic rings. The van der Waals surface area contributed by atoms with E-state index in [4.69, 9.17) is 9.47 Å². The van der Waals surface area contributed by atoms with Crippen molar-refractivity contribution in [1.29, 1.82) is 0 Å². The Morgan fingerprint density at radius 2 is 1.91 bits per heavy atom. The highest BCUT2D eigenvalue weighted by molar-refractivity contribution is 7.99. The first-order valence-electron chi connectivity index (χ1n) is 11.3. The molecule has 0 aliphatic heterocycles. The number of ether oxygens (including phenoxy) is 2. The number of nitrogens with zero attached hydrogens (tertiary/aromatic N) is 4. The summed E-state index contributed by atoms with van der Waals surface area (Å²) in [4.78, 5) is 21.7. The van der Waals surface area contributed by atoms with Crippen LogP contribution >= 0.6 is 11.8 Å². The monoisotopic (exact) mass is 472 g/mol. The van der Waals surface area contributed by atoms with Gasteiger partial charge < -0.3 is 20.1 Å². The van der Waals surface area contributed by atoms with Crippen molar-refractivity contribution < 1.29 is 14.3 Å². The topological polar surface area (TPSA) is 103 Å². The van der Waals surface area contributed by atoms with Gasteiger partial charge >= 0.3 is 0 Å². The van der Waals surface area contributed by atoms with Crippen molar-refractivity contribution in [3.8, 4) is 5.75 Å². The van der Waals surface area contributed by atoms with Crippen molar-refractivity contribution in [2.45, 2.75) is 38.9 Å². The van der Waals surface area contributed by atoms with Crippen LogP contribution in [-0.4, -0.2) is 64.3 Å². The highest BCUT2D eigenvalue weighted by atomic mass is 32.2. The molecule has 0 aliphatic rings. The first kappa shape index (κ1) is 24.8. The normalized spacial score (nSPS) is 11.0. The van der Waals surface area contributed by atoms with E-state index < -0.39 is 0 Å². The van der Waals surface area contributed by atoms with Gasteiger partial charge in [-0.25, -0.2) is 14.6 Å². The van der Waals surface area contributed by atoms with Gasteiger partial charge in [0, 0.05) is 19.7 Å². The van der Waals surface area contributed by atoms with E-state index in [0.717, 1.165) is 33.9 Å². The Morgan fingerprint density at radius 3 is 2.64 bits per heavy atom. The number of carbonyl (C=O) groups is 1. The summed E-state index contributed by atoms with van der Waals surface area (Å²) in [7, 11) is 0. The van der Waals surface area contributed by atoms with Crippen LogP contribution in [0.3, 0.4) is 0 Å². The zero-order valence-corrected chi connectivity index (χ0v) is 20.3. The smallest absolute Gasteiger partial charge is 0.224 e. The molecule has 1 amide bonds. The van der Waals surface area contributed by atoms with Crippen molar-refractivity contribution in [2.24, 2.45) is 0 Å². The van der Waals surface area contributed by atoms with Gasteiger partial charge in [0.25, 0.3) is 0 Å². The summed E-state index contributed by atoms with van der Waals surface area (Å²) in [6, 6.07) is 7.59. The second-order valence-corrected chi connectivity index (χ2v) is 8.35. The summed E-state index contributed by atoms with van der Waals surface area (Å²) in [5.74, 6) is 2.40. The first-order valence-corrected chi connectivity index (χ1v) is 12.3. The van der Waals surface area contributed by atoms with Gasteiger partial charge in [-0.1, -0.05) is 30.8 Å². The van der Waals surface area contributed by atoms with Gasteiger partial charge in [-0.15, -0.1) is 0 Å². The van der Waals surface area contributed by atoms with Gasteiger partial charge in [0.15, 0.2) is 10.8 Å². The third-order valence-electron chi connectivity index (χ3n) is 4.74. The van der Waals surface area contributed by atoms with Crippen molar-refractivity contribution in [3.05, 3.63) is 36.0 Å². The number of thioether (sulfide) groups is 1. The molecular weight excluding hydrogens is 440 g/mol. The Labute approximate surface area is 198 Å². The maximum Gasteiger partial charge on any atom is 0.224 e. The first-order chi connectivity index (χ1) is 16.1. The minimum atomic E-state index is -0.0363. The molecule has 3 rings (SSSR count). The highest BCUT2D eigenvalue weighted by Gasteiger charge is 2.13. The van der Waals surface area contributed by atoms with Crippen molar-refractivity contribution in [3.63, 3.8) is 0 Å². The molecule has 0 atom stereocenters. The van der Waals surface area contributed by atoms with E-state index in [1.165, 1.54) is 0 Å². The van der Waals surface area contributed by atoms with Crippen LogP contribution in [0.15, 0.2) is 35.6 Å². The quantitative estimate of drug-likeness (QED) is 0.210. The number of rotatable bonds is 14. The Bertz CT molecular complexity index is 1020. The van der Waals surface area contributed by atoms with E-state index in [0.29, 0.717) is 51.0 Å². The summed E-state index contributed by atoms with van der Waals surface area (Å²) in [6.07, 6.45) is 2.08. The van der Waals surface area contributed by atoms with Crippen LogP contribution < -0.4 is 15.4 Å². The molecule has 9 nitrogen and oxygen atoms in total. The second-order valence-electron chi connectivity index (χ2n) is 7.12. The molecule has 0 bridgehead atoms.